The first kappa shape index (κ1) is 26.6. The van der Waals surface area contributed by atoms with E-state index in [0.29, 0.717) is 30.2 Å². The predicted octanol–water partition coefficient (Wildman–Crippen LogP) is 5.00. The van der Waals surface area contributed by atoms with Gasteiger partial charge in [-0.15, -0.1) is 21.5 Å². The average molecular weight is 548 g/mol. The minimum absolute atomic E-state index is 0.0227. The van der Waals surface area contributed by atoms with Crippen LogP contribution in [-0.2, 0) is 11.2 Å². The standard InChI is InChI=1S/C29H30FN5O3S/c1-37-25-9-5-21(17-26(25)38-2)29-32-23(18-39-29)11-14-31-28(36)20-12-15-35(16-13-20)27-10-8-24(33-34-27)19-3-6-22(30)7-4-19/h3-10,17-18,20H,11-16H2,1-2H3,(H,31,36). The zero-order chi connectivity index (χ0) is 27.2. The molecular weight excluding hydrogens is 517 g/mol. The zero-order valence-corrected chi connectivity index (χ0v) is 22.7. The van der Waals surface area contributed by atoms with Gasteiger partial charge in [-0.25, -0.2) is 9.37 Å². The molecular formula is C29H30FN5O3S. The molecule has 5 rings (SSSR count). The fourth-order valence-corrected chi connectivity index (χ4v) is 5.47. The highest BCUT2D eigenvalue weighted by Gasteiger charge is 2.25. The molecule has 4 aromatic rings. The number of hydrogen-bond donors (Lipinski definition) is 1. The van der Waals surface area contributed by atoms with E-state index in [1.165, 1.54) is 12.1 Å². The third kappa shape index (κ3) is 6.34. The Balaban J connectivity index is 1.08. The highest BCUT2D eigenvalue weighted by molar-refractivity contribution is 7.13. The molecule has 0 unspecified atom stereocenters. The van der Waals surface area contributed by atoms with Crippen LogP contribution in [0.3, 0.4) is 0 Å². The summed E-state index contributed by atoms with van der Waals surface area (Å²) in [4.78, 5) is 19.7. The minimum atomic E-state index is -0.279. The molecule has 1 aliphatic rings. The molecule has 2 aromatic carbocycles. The van der Waals surface area contributed by atoms with Crippen LogP contribution in [0.25, 0.3) is 21.8 Å². The van der Waals surface area contributed by atoms with E-state index in [1.54, 1.807) is 37.7 Å². The van der Waals surface area contributed by atoms with Gasteiger partial charge >= 0.3 is 0 Å². The number of benzene rings is 2. The fourth-order valence-electron chi connectivity index (χ4n) is 4.62. The third-order valence-corrected chi connectivity index (χ3v) is 7.78. The molecule has 3 heterocycles. The van der Waals surface area contributed by atoms with Crippen molar-refractivity contribution in [3.63, 3.8) is 0 Å². The Morgan fingerprint density at radius 1 is 1.00 bits per heavy atom. The van der Waals surface area contributed by atoms with Gasteiger partial charge in [0, 0.05) is 48.5 Å². The van der Waals surface area contributed by atoms with Gasteiger partial charge in [-0.3, -0.25) is 4.79 Å². The topological polar surface area (TPSA) is 89.5 Å². The summed E-state index contributed by atoms with van der Waals surface area (Å²) >= 11 is 1.57. The summed E-state index contributed by atoms with van der Waals surface area (Å²) in [5.74, 6) is 1.92. The number of amides is 1. The summed E-state index contributed by atoms with van der Waals surface area (Å²) in [6.45, 7) is 2.03. The van der Waals surface area contributed by atoms with Gasteiger partial charge in [-0.1, -0.05) is 0 Å². The molecule has 8 nitrogen and oxygen atoms in total. The van der Waals surface area contributed by atoms with Crippen LogP contribution in [0.4, 0.5) is 10.2 Å². The lowest BCUT2D eigenvalue weighted by molar-refractivity contribution is -0.125. The normalized spacial score (nSPS) is 13.8. The number of nitrogens with zero attached hydrogens (tertiary/aromatic N) is 4. The number of nitrogens with one attached hydrogen (secondary N) is 1. The maximum absolute atomic E-state index is 13.2. The second-order valence-electron chi connectivity index (χ2n) is 9.30. The smallest absolute Gasteiger partial charge is 0.223 e. The van der Waals surface area contributed by atoms with Gasteiger partial charge in [-0.05, 0) is 67.4 Å². The molecule has 0 spiro atoms. The first-order valence-corrected chi connectivity index (χ1v) is 13.7. The van der Waals surface area contributed by atoms with Crippen molar-refractivity contribution in [3.05, 3.63) is 71.5 Å². The van der Waals surface area contributed by atoms with Gasteiger partial charge in [0.2, 0.25) is 5.91 Å². The molecule has 0 aliphatic carbocycles. The maximum atomic E-state index is 13.2. The van der Waals surface area contributed by atoms with Crippen LogP contribution in [-0.4, -0.2) is 54.9 Å². The van der Waals surface area contributed by atoms with Crippen molar-refractivity contribution in [1.82, 2.24) is 20.5 Å². The Morgan fingerprint density at radius 2 is 1.74 bits per heavy atom. The molecule has 0 atom stereocenters. The molecule has 0 radical (unpaired) electrons. The Hall–Kier alpha value is -4.05. The lowest BCUT2D eigenvalue weighted by Crippen LogP contribution is -2.41. The molecule has 202 valence electrons. The van der Waals surface area contributed by atoms with Crippen molar-refractivity contribution in [1.29, 1.82) is 0 Å². The molecule has 1 fully saturated rings. The number of ether oxygens (including phenoxy) is 2. The maximum Gasteiger partial charge on any atom is 0.223 e. The molecule has 39 heavy (non-hydrogen) atoms. The summed E-state index contributed by atoms with van der Waals surface area (Å²) in [5, 5.41) is 14.7. The first-order chi connectivity index (χ1) is 19.0. The lowest BCUT2D eigenvalue weighted by atomic mass is 9.96. The number of hydrogen-bond acceptors (Lipinski definition) is 8. The van der Waals surface area contributed by atoms with Crippen LogP contribution in [0.2, 0.25) is 0 Å². The summed E-state index contributed by atoms with van der Waals surface area (Å²) in [5.41, 5.74) is 3.43. The van der Waals surface area contributed by atoms with Crippen LogP contribution in [0.5, 0.6) is 11.5 Å². The van der Waals surface area contributed by atoms with Crippen LogP contribution < -0.4 is 19.7 Å². The Bertz CT molecular complexity index is 1400. The van der Waals surface area contributed by atoms with E-state index in [9.17, 15) is 9.18 Å². The van der Waals surface area contributed by atoms with E-state index in [-0.39, 0.29) is 17.6 Å². The molecule has 0 bridgehead atoms. The van der Waals surface area contributed by atoms with Gasteiger partial charge in [0.15, 0.2) is 17.3 Å². The number of methoxy groups -OCH3 is 2. The van der Waals surface area contributed by atoms with E-state index in [2.05, 4.69) is 20.4 Å². The third-order valence-electron chi connectivity index (χ3n) is 6.84. The van der Waals surface area contributed by atoms with E-state index < -0.39 is 0 Å². The quantitative estimate of drug-likeness (QED) is 0.316. The molecule has 1 N–H and O–H groups in total. The highest BCUT2D eigenvalue weighted by Crippen LogP contribution is 2.33. The first-order valence-electron chi connectivity index (χ1n) is 12.8. The average Bonchev–Trinajstić information content (AvgIpc) is 3.46. The van der Waals surface area contributed by atoms with Crippen molar-refractivity contribution in [2.45, 2.75) is 19.3 Å². The molecule has 10 heteroatoms. The second kappa shape index (κ2) is 12.2. The van der Waals surface area contributed by atoms with Gasteiger partial charge in [-0.2, -0.15) is 0 Å². The number of aromatic nitrogens is 3. The van der Waals surface area contributed by atoms with Gasteiger partial charge in [0.25, 0.3) is 0 Å². The Kier molecular flexibility index (Phi) is 8.31. The molecule has 0 saturated carbocycles. The van der Waals surface area contributed by atoms with Crippen molar-refractivity contribution in [3.8, 4) is 33.3 Å². The largest absolute Gasteiger partial charge is 0.493 e. The second-order valence-corrected chi connectivity index (χ2v) is 10.2. The SMILES string of the molecule is COc1ccc(-c2nc(CCNC(=O)C3CCN(c4ccc(-c5ccc(F)cc5)nn4)CC3)cs2)cc1OC. The van der Waals surface area contributed by atoms with Gasteiger partial charge in [0.05, 0.1) is 25.6 Å². The monoisotopic (exact) mass is 547 g/mol. The number of rotatable bonds is 9. The summed E-state index contributed by atoms with van der Waals surface area (Å²) in [6.07, 6.45) is 2.19. The Labute approximate surface area is 230 Å². The van der Waals surface area contributed by atoms with E-state index >= 15 is 0 Å². The van der Waals surface area contributed by atoms with E-state index in [1.807, 2.05) is 35.7 Å². The van der Waals surface area contributed by atoms with Crippen LogP contribution >= 0.6 is 11.3 Å². The molecule has 1 aliphatic heterocycles. The minimum Gasteiger partial charge on any atom is -0.493 e. The van der Waals surface area contributed by atoms with Crippen LogP contribution in [0.1, 0.15) is 18.5 Å². The number of halogens is 1. The predicted molar refractivity (Wildman–Crippen MR) is 150 cm³/mol. The zero-order valence-electron chi connectivity index (χ0n) is 21.9. The number of carbonyl (C=O) groups excluding carboxylic acids is 1. The molecule has 2 aromatic heterocycles. The van der Waals surface area contributed by atoms with Gasteiger partial charge < -0.3 is 19.7 Å². The van der Waals surface area contributed by atoms with Crippen LogP contribution in [0, 0.1) is 11.7 Å². The summed E-state index contributed by atoms with van der Waals surface area (Å²) in [6, 6.07) is 15.8. The highest BCUT2D eigenvalue weighted by atomic mass is 32.1. The fraction of sp³-hybridized carbons (Fsp3) is 0.310. The number of carbonyl (C=O) groups is 1. The van der Waals surface area contributed by atoms with Crippen molar-refractivity contribution >= 4 is 23.1 Å². The van der Waals surface area contributed by atoms with Crippen molar-refractivity contribution in [2.24, 2.45) is 5.92 Å². The van der Waals surface area contributed by atoms with Crippen molar-refractivity contribution < 1.29 is 18.7 Å². The number of anilines is 1. The summed E-state index contributed by atoms with van der Waals surface area (Å²) in [7, 11) is 3.23. The Morgan fingerprint density at radius 3 is 2.44 bits per heavy atom. The molecule has 1 saturated heterocycles. The van der Waals surface area contributed by atoms with E-state index in [0.717, 1.165) is 53.6 Å². The lowest BCUT2D eigenvalue weighted by Gasteiger charge is -2.31. The van der Waals surface area contributed by atoms with Crippen molar-refractivity contribution in [2.75, 3.05) is 38.8 Å². The number of thiazole rings is 1. The summed E-state index contributed by atoms with van der Waals surface area (Å²) < 4.78 is 23.9. The molecule has 1 amide bonds. The van der Waals surface area contributed by atoms with E-state index in [4.69, 9.17) is 14.5 Å². The van der Waals surface area contributed by atoms with Gasteiger partial charge in [0.1, 0.15) is 10.8 Å². The number of piperidine rings is 1. The van der Waals surface area contributed by atoms with Crippen LogP contribution in [0.15, 0.2) is 60.0 Å².